The smallest absolute Gasteiger partial charge is 0.254 e. The molecule has 1 aliphatic heterocycles. The normalized spacial score (nSPS) is 23.4. The number of aliphatic hydroxyl groups is 1. The quantitative estimate of drug-likeness (QED) is 0.368. The van der Waals surface area contributed by atoms with Crippen LogP contribution in [-0.2, 0) is 11.3 Å². The molecule has 8 heteroatoms. The molecule has 0 radical (unpaired) electrons. The maximum atomic E-state index is 14.0. The molecule has 1 heterocycles. The zero-order valence-corrected chi connectivity index (χ0v) is 21.8. The molecule has 5 rings (SSSR count). The number of hydrogen-bond acceptors (Lipinski definition) is 4. The summed E-state index contributed by atoms with van der Waals surface area (Å²) in [5.41, 5.74) is 8.80. The number of hydrazine groups is 1. The van der Waals surface area contributed by atoms with E-state index in [-0.39, 0.29) is 24.0 Å². The zero-order chi connectivity index (χ0) is 25.9. The average molecular weight is 538 g/mol. The maximum Gasteiger partial charge on any atom is 0.254 e. The minimum atomic E-state index is -0.706. The first kappa shape index (κ1) is 25.7. The van der Waals surface area contributed by atoms with Crippen LogP contribution in [0.4, 0.5) is 0 Å². The topological polar surface area (TPSA) is 81.7 Å². The predicted molar refractivity (Wildman–Crippen MR) is 144 cm³/mol. The lowest BCUT2D eigenvalue weighted by atomic mass is 9.77. The highest BCUT2D eigenvalue weighted by Gasteiger charge is 2.47. The molecule has 1 saturated carbocycles. The summed E-state index contributed by atoms with van der Waals surface area (Å²) in [6.45, 7) is 0.455. The van der Waals surface area contributed by atoms with Crippen molar-refractivity contribution in [3.05, 3.63) is 105 Å². The van der Waals surface area contributed by atoms with Crippen molar-refractivity contribution in [2.24, 2.45) is 0 Å². The van der Waals surface area contributed by atoms with E-state index in [1.165, 1.54) is 0 Å². The van der Waals surface area contributed by atoms with Crippen LogP contribution in [0.1, 0.15) is 64.7 Å². The molecule has 0 bridgehead atoms. The fourth-order valence-electron chi connectivity index (χ4n) is 5.55. The van der Waals surface area contributed by atoms with Gasteiger partial charge in [0.05, 0.1) is 18.1 Å². The van der Waals surface area contributed by atoms with Gasteiger partial charge in [0.25, 0.3) is 5.91 Å². The number of carbonyl (C=O) groups excluding carboxylic acids is 2. The summed E-state index contributed by atoms with van der Waals surface area (Å²) in [6.07, 6.45) is 2.14. The minimum absolute atomic E-state index is 0.130. The van der Waals surface area contributed by atoms with Crippen molar-refractivity contribution in [1.82, 2.24) is 15.8 Å². The molecule has 0 saturated heterocycles. The van der Waals surface area contributed by atoms with E-state index in [9.17, 15) is 14.7 Å². The van der Waals surface area contributed by atoms with E-state index >= 15 is 0 Å². The number of carbonyl (C=O) groups is 2. The number of fused-ring (bicyclic) bond motifs is 1. The molecule has 192 valence electrons. The van der Waals surface area contributed by atoms with Crippen molar-refractivity contribution >= 4 is 35.0 Å². The van der Waals surface area contributed by atoms with E-state index in [0.717, 1.165) is 5.56 Å². The van der Waals surface area contributed by atoms with Gasteiger partial charge in [0.1, 0.15) is 0 Å². The van der Waals surface area contributed by atoms with Gasteiger partial charge in [-0.05, 0) is 60.6 Å². The van der Waals surface area contributed by atoms with Gasteiger partial charge in [-0.1, -0.05) is 77.8 Å². The van der Waals surface area contributed by atoms with Crippen molar-refractivity contribution in [1.29, 1.82) is 0 Å². The Labute approximate surface area is 226 Å². The van der Waals surface area contributed by atoms with Crippen LogP contribution in [0.25, 0.3) is 0 Å². The van der Waals surface area contributed by atoms with Gasteiger partial charge >= 0.3 is 0 Å². The summed E-state index contributed by atoms with van der Waals surface area (Å²) >= 11 is 12.9. The van der Waals surface area contributed by atoms with Gasteiger partial charge < -0.3 is 10.0 Å². The van der Waals surface area contributed by atoms with Crippen LogP contribution in [0.5, 0.6) is 0 Å². The third-order valence-electron chi connectivity index (χ3n) is 7.35. The molecule has 3 aromatic rings. The number of benzene rings is 3. The standard InChI is InChI=1S/C29H29Cl2N3O3/c30-19-10-15-24(25(31)16-19)27-26(28(36)33-32-17-18-6-2-1-3-7-18)22-8-4-5-9-23(22)29(37)34(27)20-11-13-21(35)14-12-20/h1-10,15-16,20-21,26-27,32,35H,11-14,17H2,(H,33,36)/t20?,21?,26-,27+/m1/s1. The van der Waals surface area contributed by atoms with Gasteiger partial charge in [-0.25, -0.2) is 5.43 Å². The minimum Gasteiger partial charge on any atom is -0.393 e. The molecule has 0 unspecified atom stereocenters. The van der Waals surface area contributed by atoms with Crippen molar-refractivity contribution in [2.45, 2.75) is 56.3 Å². The lowest BCUT2D eigenvalue weighted by molar-refractivity contribution is -0.125. The van der Waals surface area contributed by atoms with E-state index in [0.29, 0.717) is 59.0 Å². The van der Waals surface area contributed by atoms with E-state index in [1.54, 1.807) is 24.3 Å². The van der Waals surface area contributed by atoms with Crippen LogP contribution in [0.2, 0.25) is 10.0 Å². The first-order valence-corrected chi connectivity index (χ1v) is 13.3. The van der Waals surface area contributed by atoms with Gasteiger partial charge in [-0.3, -0.25) is 15.0 Å². The third kappa shape index (κ3) is 5.39. The van der Waals surface area contributed by atoms with Gasteiger partial charge in [0, 0.05) is 28.2 Å². The molecule has 0 aromatic heterocycles. The fourth-order valence-corrected chi connectivity index (χ4v) is 6.07. The third-order valence-corrected chi connectivity index (χ3v) is 7.91. The van der Waals surface area contributed by atoms with E-state index in [2.05, 4.69) is 10.9 Å². The van der Waals surface area contributed by atoms with Gasteiger partial charge in [0.2, 0.25) is 5.91 Å². The van der Waals surface area contributed by atoms with Crippen LogP contribution >= 0.6 is 23.2 Å². The summed E-state index contributed by atoms with van der Waals surface area (Å²) in [7, 11) is 0. The van der Waals surface area contributed by atoms with E-state index < -0.39 is 12.0 Å². The molecule has 1 fully saturated rings. The molecule has 3 aromatic carbocycles. The molecular formula is C29H29Cl2N3O3. The molecule has 2 atom stereocenters. The maximum absolute atomic E-state index is 14.0. The monoisotopic (exact) mass is 537 g/mol. The highest BCUT2D eigenvalue weighted by molar-refractivity contribution is 6.35. The summed E-state index contributed by atoms with van der Waals surface area (Å²) in [4.78, 5) is 29.7. The predicted octanol–water partition coefficient (Wildman–Crippen LogP) is 5.40. The second-order valence-electron chi connectivity index (χ2n) is 9.68. The Morgan fingerprint density at radius 1 is 0.919 bits per heavy atom. The summed E-state index contributed by atoms with van der Waals surface area (Å²) in [5.74, 6) is -1.09. The summed E-state index contributed by atoms with van der Waals surface area (Å²) in [5, 5.41) is 11.0. The Hall–Kier alpha value is -2.90. The van der Waals surface area contributed by atoms with Crippen LogP contribution in [0.15, 0.2) is 72.8 Å². The van der Waals surface area contributed by atoms with Crippen molar-refractivity contribution < 1.29 is 14.7 Å². The van der Waals surface area contributed by atoms with Crippen molar-refractivity contribution in [3.63, 3.8) is 0 Å². The Kier molecular flexibility index (Phi) is 7.81. The Morgan fingerprint density at radius 2 is 1.62 bits per heavy atom. The lowest BCUT2D eigenvalue weighted by Gasteiger charge is -2.47. The highest BCUT2D eigenvalue weighted by atomic mass is 35.5. The molecule has 2 aliphatic rings. The molecule has 37 heavy (non-hydrogen) atoms. The lowest BCUT2D eigenvalue weighted by Crippen LogP contribution is -2.53. The number of amides is 2. The van der Waals surface area contributed by atoms with Gasteiger partial charge in [0.15, 0.2) is 0 Å². The van der Waals surface area contributed by atoms with Crippen LogP contribution in [0.3, 0.4) is 0 Å². The van der Waals surface area contributed by atoms with Crippen LogP contribution in [0, 0.1) is 0 Å². The Morgan fingerprint density at radius 3 is 2.35 bits per heavy atom. The SMILES string of the molecule is O=C(NNCc1ccccc1)[C@@H]1c2ccccc2C(=O)N(C2CCC(O)CC2)[C@H]1c1ccc(Cl)cc1Cl. The molecular weight excluding hydrogens is 509 g/mol. The van der Waals surface area contributed by atoms with Crippen LogP contribution in [-0.4, -0.2) is 34.0 Å². The number of halogens is 2. The van der Waals surface area contributed by atoms with Gasteiger partial charge in [-0.2, -0.15) is 0 Å². The Balaban J connectivity index is 1.55. The van der Waals surface area contributed by atoms with Crippen LogP contribution < -0.4 is 10.9 Å². The van der Waals surface area contributed by atoms with Gasteiger partial charge in [-0.15, -0.1) is 0 Å². The van der Waals surface area contributed by atoms with Crippen molar-refractivity contribution in [3.8, 4) is 0 Å². The number of hydrogen-bond donors (Lipinski definition) is 3. The Bertz CT molecular complexity index is 1280. The summed E-state index contributed by atoms with van der Waals surface area (Å²) < 4.78 is 0. The first-order chi connectivity index (χ1) is 17.9. The number of nitrogens with one attached hydrogen (secondary N) is 2. The zero-order valence-electron chi connectivity index (χ0n) is 20.2. The second-order valence-corrected chi connectivity index (χ2v) is 10.5. The van der Waals surface area contributed by atoms with E-state index in [4.69, 9.17) is 23.2 Å². The molecule has 1 aliphatic carbocycles. The van der Waals surface area contributed by atoms with E-state index in [1.807, 2.05) is 53.4 Å². The number of aliphatic hydroxyl groups excluding tert-OH is 1. The highest BCUT2D eigenvalue weighted by Crippen LogP contribution is 2.47. The average Bonchev–Trinajstić information content (AvgIpc) is 2.90. The second kappa shape index (κ2) is 11.2. The first-order valence-electron chi connectivity index (χ1n) is 12.5. The number of nitrogens with zero attached hydrogens (tertiary/aromatic N) is 1. The molecule has 2 amide bonds. The largest absolute Gasteiger partial charge is 0.393 e. The molecule has 3 N–H and O–H groups in total. The fraction of sp³-hybridized carbons (Fsp3) is 0.310. The molecule has 6 nitrogen and oxygen atoms in total. The number of rotatable bonds is 6. The summed E-state index contributed by atoms with van der Waals surface area (Å²) in [6, 6.07) is 21.5. The van der Waals surface area contributed by atoms with Crippen molar-refractivity contribution in [2.75, 3.05) is 0 Å². The molecule has 0 spiro atoms.